The van der Waals surface area contributed by atoms with Crippen LogP contribution in [0.3, 0.4) is 0 Å². The molecule has 0 amide bonds. The molecule has 0 aromatic heterocycles. The van der Waals surface area contributed by atoms with Crippen molar-refractivity contribution < 1.29 is 28.6 Å². The fourth-order valence-corrected chi connectivity index (χ4v) is 7.22. The summed E-state index contributed by atoms with van der Waals surface area (Å²) in [4.78, 5) is 38.0. The Morgan fingerprint density at radius 1 is 0.318 bits per heavy atom. The smallest absolute Gasteiger partial charge is 0.306 e. The van der Waals surface area contributed by atoms with Crippen molar-refractivity contribution >= 4 is 17.9 Å². The maximum absolute atomic E-state index is 12.8. The molecule has 6 nitrogen and oxygen atoms in total. The minimum absolute atomic E-state index is 0.106. The van der Waals surface area contributed by atoms with Crippen LogP contribution >= 0.6 is 0 Å². The van der Waals surface area contributed by atoms with Crippen molar-refractivity contribution in [3.63, 3.8) is 0 Å². The number of carbonyl (C=O) groups excluding carboxylic acids is 3. The van der Waals surface area contributed by atoms with Crippen LogP contribution in [0, 0.1) is 0 Å². The summed E-state index contributed by atoms with van der Waals surface area (Å²) in [6.07, 6.45) is 71.2. The van der Waals surface area contributed by atoms with Crippen molar-refractivity contribution in [3.8, 4) is 0 Å². The highest BCUT2D eigenvalue weighted by atomic mass is 16.6. The Morgan fingerprint density at radius 2 is 0.636 bits per heavy atom. The first-order valence-electron chi connectivity index (χ1n) is 27.2. The molecule has 66 heavy (non-hydrogen) atoms. The number of allylic oxidation sites excluding steroid dienone is 16. The summed E-state index contributed by atoms with van der Waals surface area (Å²) in [5, 5.41) is 0. The van der Waals surface area contributed by atoms with Crippen LogP contribution in [0.5, 0.6) is 0 Å². The Bertz CT molecular complexity index is 1330. The van der Waals surface area contributed by atoms with E-state index in [0.29, 0.717) is 19.3 Å². The van der Waals surface area contributed by atoms with Crippen molar-refractivity contribution in [1.29, 1.82) is 0 Å². The van der Waals surface area contributed by atoms with Gasteiger partial charge in [-0.1, -0.05) is 214 Å². The zero-order valence-corrected chi connectivity index (χ0v) is 42.9. The van der Waals surface area contributed by atoms with Gasteiger partial charge in [0.15, 0.2) is 6.10 Å². The highest BCUT2D eigenvalue weighted by Gasteiger charge is 2.19. The quantitative estimate of drug-likeness (QED) is 0.0262. The largest absolute Gasteiger partial charge is 0.462 e. The first kappa shape index (κ1) is 62.3. The SMILES string of the molecule is CC/C=C\C/C=C\C/C=C\C/C=C\C/C=C\CCCC(=O)OC(COC(=O)CCCCCCC/C=C\CCC)COC(=O)CCCCCCCCCCC/C=C\C/C=C\CCCCCCC. The highest BCUT2D eigenvalue weighted by Crippen LogP contribution is 2.14. The lowest BCUT2D eigenvalue weighted by atomic mass is 10.1. The van der Waals surface area contributed by atoms with Gasteiger partial charge in [-0.25, -0.2) is 0 Å². The Hall–Kier alpha value is -3.67. The summed E-state index contributed by atoms with van der Waals surface area (Å²) < 4.78 is 16.7. The van der Waals surface area contributed by atoms with Crippen molar-refractivity contribution in [3.05, 3.63) is 97.2 Å². The summed E-state index contributed by atoms with van der Waals surface area (Å²) in [5.74, 6) is -0.981. The van der Waals surface area contributed by atoms with Crippen LogP contribution in [0.4, 0.5) is 0 Å². The van der Waals surface area contributed by atoms with Gasteiger partial charge in [-0.3, -0.25) is 14.4 Å². The third kappa shape index (κ3) is 51.3. The lowest BCUT2D eigenvalue weighted by molar-refractivity contribution is -0.167. The molecular formula is C60H100O6. The van der Waals surface area contributed by atoms with Crippen LogP contribution in [0.1, 0.15) is 245 Å². The molecule has 0 aliphatic carbocycles. The maximum atomic E-state index is 12.8. The van der Waals surface area contributed by atoms with Crippen molar-refractivity contribution in [2.75, 3.05) is 13.2 Å². The van der Waals surface area contributed by atoms with E-state index < -0.39 is 6.10 Å². The van der Waals surface area contributed by atoms with Gasteiger partial charge in [0.1, 0.15) is 13.2 Å². The van der Waals surface area contributed by atoms with Crippen molar-refractivity contribution in [1.82, 2.24) is 0 Å². The third-order valence-electron chi connectivity index (χ3n) is 11.3. The number of hydrogen-bond acceptors (Lipinski definition) is 6. The van der Waals surface area contributed by atoms with E-state index >= 15 is 0 Å². The Morgan fingerprint density at radius 3 is 1.05 bits per heavy atom. The van der Waals surface area contributed by atoms with E-state index in [1.165, 1.54) is 96.3 Å². The summed E-state index contributed by atoms with van der Waals surface area (Å²) in [5.41, 5.74) is 0. The molecule has 0 spiro atoms. The molecule has 1 atom stereocenters. The van der Waals surface area contributed by atoms with Gasteiger partial charge >= 0.3 is 17.9 Å². The first-order valence-corrected chi connectivity index (χ1v) is 27.2. The van der Waals surface area contributed by atoms with E-state index in [1.54, 1.807) is 0 Å². The second-order valence-electron chi connectivity index (χ2n) is 17.7. The van der Waals surface area contributed by atoms with E-state index in [-0.39, 0.29) is 37.5 Å². The number of hydrogen-bond donors (Lipinski definition) is 0. The van der Waals surface area contributed by atoms with Gasteiger partial charge in [0, 0.05) is 19.3 Å². The standard InChI is InChI=1S/C60H100O6/c1-4-7-10-13-16-19-22-24-26-28-29-30-31-33-34-36-38-41-44-47-50-53-59(62)65-56-57(55-64-58(61)52-49-46-43-40-21-18-15-12-9-6-3)66-60(63)54-51-48-45-42-39-37-35-32-27-25-23-20-17-14-11-8-5-2/h8,11-12,15,17,20,22,24-25,27-29,35,37,42,45,57H,4-7,9-10,13-14,16,18-19,21,23,26,30-34,36,38-41,43-44,46-56H2,1-3H3/b11-8-,15-12-,20-17-,24-22-,27-25-,29-28-,37-35-,45-42-. The van der Waals surface area contributed by atoms with Gasteiger partial charge in [-0.2, -0.15) is 0 Å². The van der Waals surface area contributed by atoms with Gasteiger partial charge in [0.05, 0.1) is 0 Å². The molecule has 0 saturated carbocycles. The molecule has 0 aliphatic rings. The van der Waals surface area contributed by atoms with Gasteiger partial charge in [-0.05, 0) is 109 Å². The predicted octanol–water partition coefficient (Wildman–Crippen LogP) is 18.1. The highest BCUT2D eigenvalue weighted by molar-refractivity contribution is 5.71. The summed E-state index contributed by atoms with van der Waals surface area (Å²) in [6.45, 7) is 6.39. The van der Waals surface area contributed by atoms with Gasteiger partial charge in [0.2, 0.25) is 0 Å². The van der Waals surface area contributed by atoms with Crippen LogP contribution in [0.25, 0.3) is 0 Å². The molecule has 376 valence electrons. The first-order chi connectivity index (χ1) is 32.5. The van der Waals surface area contributed by atoms with Crippen LogP contribution in [0.15, 0.2) is 97.2 Å². The fraction of sp³-hybridized carbons (Fsp3) is 0.683. The van der Waals surface area contributed by atoms with Crippen LogP contribution < -0.4 is 0 Å². The average Bonchev–Trinajstić information content (AvgIpc) is 3.31. The topological polar surface area (TPSA) is 78.9 Å². The Labute approximate surface area is 407 Å². The van der Waals surface area contributed by atoms with Crippen molar-refractivity contribution in [2.24, 2.45) is 0 Å². The van der Waals surface area contributed by atoms with Gasteiger partial charge in [-0.15, -0.1) is 0 Å². The van der Waals surface area contributed by atoms with Crippen LogP contribution in [-0.2, 0) is 28.6 Å². The molecule has 6 heteroatoms. The number of rotatable bonds is 48. The monoisotopic (exact) mass is 917 g/mol. The van der Waals surface area contributed by atoms with Crippen LogP contribution in [0.2, 0.25) is 0 Å². The molecular weight excluding hydrogens is 817 g/mol. The molecule has 0 aromatic carbocycles. The Kier molecular flexibility index (Phi) is 50.9. The molecule has 0 radical (unpaired) electrons. The van der Waals surface area contributed by atoms with Gasteiger partial charge in [0.25, 0.3) is 0 Å². The molecule has 0 aliphatic heterocycles. The summed E-state index contributed by atoms with van der Waals surface area (Å²) >= 11 is 0. The van der Waals surface area contributed by atoms with E-state index in [1.807, 2.05) is 0 Å². The number of unbranched alkanes of at least 4 members (excludes halogenated alkanes) is 21. The molecule has 0 aromatic rings. The molecule has 0 bridgehead atoms. The normalized spacial score (nSPS) is 12.8. The van der Waals surface area contributed by atoms with E-state index in [9.17, 15) is 14.4 Å². The second kappa shape index (κ2) is 53.9. The molecule has 0 rings (SSSR count). The number of esters is 3. The third-order valence-corrected chi connectivity index (χ3v) is 11.3. The molecule has 0 saturated heterocycles. The van der Waals surface area contributed by atoms with Gasteiger partial charge < -0.3 is 14.2 Å². The van der Waals surface area contributed by atoms with E-state index in [2.05, 4.69) is 118 Å². The average molecular weight is 917 g/mol. The summed E-state index contributed by atoms with van der Waals surface area (Å²) in [6, 6.07) is 0. The molecule has 0 N–H and O–H groups in total. The second-order valence-corrected chi connectivity index (χ2v) is 17.7. The lowest BCUT2D eigenvalue weighted by Crippen LogP contribution is -2.30. The number of carbonyl (C=O) groups is 3. The minimum atomic E-state index is -0.812. The molecule has 0 heterocycles. The van der Waals surface area contributed by atoms with E-state index in [4.69, 9.17) is 14.2 Å². The molecule has 0 fully saturated rings. The van der Waals surface area contributed by atoms with Crippen molar-refractivity contribution in [2.45, 2.75) is 252 Å². The summed E-state index contributed by atoms with van der Waals surface area (Å²) in [7, 11) is 0. The van der Waals surface area contributed by atoms with Crippen LogP contribution in [-0.4, -0.2) is 37.2 Å². The maximum Gasteiger partial charge on any atom is 0.306 e. The zero-order chi connectivity index (χ0) is 47.9. The minimum Gasteiger partial charge on any atom is -0.462 e. The lowest BCUT2D eigenvalue weighted by Gasteiger charge is -2.18. The number of ether oxygens (including phenoxy) is 3. The fourth-order valence-electron chi connectivity index (χ4n) is 7.22. The van der Waals surface area contributed by atoms with E-state index in [0.717, 1.165) is 103 Å². The zero-order valence-electron chi connectivity index (χ0n) is 42.9. The molecule has 1 unspecified atom stereocenters. The Balaban J connectivity index is 4.41. The predicted molar refractivity (Wildman–Crippen MR) is 284 cm³/mol.